The van der Waals surface area contributed by atoms with Crippen LogP contribution < -0.4 is 10.2 Å². The van der Waals surface area contributed by atoms with Gasteiger partial charge in [0.1, 0.15) is 5.82 Å². The first-order valence-electron chi connectivity index (χ1n) is 14.2. The normalized spacial score (nSPS) is 16.8. The lowest BCUT2D eigenvalue weighted by molar-refractivity contribution is -0.114. The van der Waals surface area contributed by atoms with E-state index in [1.54, 1.807) is 35.2 Å². The van der Waals surface area contributed by atoms with Gasteiger partial charge in [0.05, 0.1) is 17.1 Å². The molecule has 2 aliphatic rings. The molecule has 0 atom stereocenters. The van der Waals surface area contributed by atoms with Crippen LogP contribution in [0.15, 0.2) is 113 Å². The van der Waals surface area contributed by atoms with E-state index < -0.39 is 0 Å². The smallest absolute Gasteiger partial charge is 0.265 e. The van der Waals surface area contributed by atoms with E-state index in [4.69, 9.17) is 0 Å². The van der Waals surface area contributed by atoms with Gasteiger partial charge >= 0.3 is 0 Å². The topological polar surface area (TPSA) is 52.7 Å². The monoisotopic (exact) mass is 577 g/mol. The second-order valence-corrected chi connectivity index (χ2v) is 11.8. The molecule has 0 bridgehead atoms. The average Bonchev–Trinajstić information content (AvgIpc) is 3.02. The van der Waals surface area contributed by atoms with Crippen LogP contribution in [0.1, 0.15) is 39.9 Å². The molecule has 5 nitrogen and oxygen atoms in total. The number of hydrogen-bond acceptors (Lipinski definition) is 4. The van der Waals surface area contributed by atoms with Gasteiger partial charge in [-0.3, -0.25) is 14.5 Å². The van der Waals surface area contributed by atoms with E-state index in [-0.39, 0.29) is 30.2 Å². The molecule has 0 saturated carbocycles. The zero-order valence-electron chi connectivity index (χ0n) is 23.2. The van der Waals surface area contributed by atoms with Crippen molar-refractivity contribution >= 4 is 35.3 Å². The number of nitrogens with one attached hydrogen (secondary N) is 1. The summed E-state index contributed by atoms with van der Waals surface area (Å²) in [7, 11) is 0. The summed E-state index contributed by atoms with van der Waals surface area (Å²) in [6.45, 7) is 2.99. The Morgan fingerprint density at radius 3 is 2.31 bits per heavy atom. The van der Waals surface area contributed by atoms with Crippen LogP contribution in [0.3, 0.4) is 0 Å². The van der Waals surface area contributed by atoms with Crippen molar-refractivity contribution in [1.29, 1.82) is 0 Å². The van der Waals surface area contributed by atoms with Crippen LogP contribution in [0.5, 0.6) is 0 Å². The molecule has 0 aliphatic carbocycles. The van der Waals surface area contributed by atoms with E-state index in [0.29, 0.717) is 16.0 Å². The second kappa shape index (κ2) is 12.8. The molecule has 4 aromatic rings. The summed E-state index contributed by atoms with van der Waals surface area (Å²) in [5, 5.41) is 3.20. The molecular formula is C35H32FN3O2S. The maximum Gasteiger partial charge on any atom is 0.265 e. The van der Waals surface area contributed by atoms with Gasteiger partial charge in [0.25, 0.3) is 11.8 Å². The highest BCUT2D eigenvalue weighted by Gasteiger charge is 2.29. The third-order valence-corrected chi connectivity index (χ3v) is 8.84. The Balaban J connectivity index is 1.10. The van der Waals surface area contributed by atoms with E-state index in [1.807, 2.05) is 48.5 Å². The van der Waals surface area contributed by atoms with Crippen molar-refractivity contribution in [3.05, 3.63) is 136 Å². The van der Waals surface area contributed by atoms with Crippen molar-refractivity contribution in [3.8, 4) is 0 Å². The fraction of sp³-hybridized carbons (Fsp3) is 0.200. The van der Waals surface area contributed by atoms with Crippen LogP contribution in [0.25, 0.3) is 6.08 Å². The fourth-order valence-corrected chi connectivity index (χ4v) is 6.50. The van der Waals surface area contributed by atoms with Crippen molar-refractivity contribution in [2.45, 2.75) is 36.9 Å². The van der Waals surface area contributed by atoms with Gasteiger partial charge in [-0.15, -0.1) is 0 Å². The van der Waals surface area contributed by atoms with Crippen LogP contribution in [-0.2, 0) is 17.9 Å². The lowest BCUT2D eigenvalue weighted by atomic mass is 10.0. The van der Waals surface area contributed by atoms with Crippen molar-refractivity contribution in [3.63, 3.8) is 0 Å². The van der Waals surface area contributed by atoms with Crippen molar-refractivity contribution in [1.82, 2.24) is 10.2 Å². The fourth-order valence-electron chi connectivity index (χ4n) is 5.44. The number of anilines is 1. The van der Waals surface area contributed by atoms with Crippen LogP contribution in [0.4, 0.5) is 10.1 Å². The molecule has 2 amide bonds. The second-order valence-electron chi connectivity index (χ2n) is 10.7. The molecule has 6 rings (SSSR count). The summed E-state index contributed by atoms with van der Waals surface area (Å²) in [4.78, 5) is 32.1. The first kappa shape index (κ1) is 27.9. The SMILES string of the molecule is O=C(NC1CCN(Cc2ccccc2)CC1)c1ccc(/C=C2/Sc3ccccc3N(Cc3ccccc3F)C2=O)cc1. The molecule has 4 aromatic carbocycles. The number of piperidine rings is 1. The molecule has 1 saturated heterocycles. The summed E-state index contributed by atoms with van der Waals surface area (Å²) in [6, 6.07) is 32.1. The zero-order chi connectivity index (χ0) is 28.9. The minimum absolute atomic E-state index is 0.0798. The number of rotatable bonds is 7. The predicted octanol–water partition coefficient (Wildman–Crippen LogP) is 6.90. The maximum atomic E-state index is 14.4. The lowest BCUT2D eigenvalue weighted by Gasteiger charge is -2.32. The number of fused-ring (bicyclic) bond motifs is 1. The maximum absolute atomic E-state index is 14.4. The van der Waals surface area contributed by atoms with E-state index >= 15 is 0 Å². The number of nitrogens with zero attached hydrogens (tertiary/aromatic N) is 2. The number of amides is 2. The van der Waals surface area contributed by atoms with Gasteiger partial charge in [-0.25, -0.2) is 4.39 Å². The Bertz CT molecular complexity index is 1600. The molecule has 1 fully saturated rings. The minimum atomic E-state index is -0.335. The van der Waals surface area contributed by atoms with E-state index in [2.05, 4.69) is 34.5 Å². The molecule has 0 radical (unpaired) electrons. The number of thioether (sulfide) groups is 1. The Hall–Kier alpha value is -4.20. The van der Waals surface area contributed by atoms with E-state index in [1.165, 1.54) is 23.4 Å². The first-order valence-corrected chi connectivity index (χ1v) is 15.1. The molecule has 0 aromatic heterocycles. The van der Waals surface area contributed by atoms with Crippen LogP contribution in [0.2, 0.25) is 0 Å². The van der Waals surface area contributed by atoms with Gasteiger partial charge in [-0.2, -0.15) is 0 Å². The average molecular weight is 578 g/mol. The highest BCUT2D eigenvalue weighted by Crippen LogP contribution is 2.42. The molecule has 0 unspecified atom stereocenters. The molecular weight excluding hydrogens is 545 g/mol. The van der Waals surface area contributed by atoms with Gasteiger partial charge in [0.15, 0.2) is 0 Å². The number of carbonyl (C=O) groups is 2. The highest BCUT2D eigenvalue weighted by atomic mass is 32.2. The number of carbonyl (C=O) groups excluding carboxylic acids is 2. The predicted molar refractivity (Wildman–Crippen MR) is 167 cm³/mol. The van der Waals surface area contributed by atoms with Crippen LogP contribution in [0, 0.1) is 5.82 Å². The largest absolute Gasteiger partial charge is 0.349 e. The third-order valence-electron chi connectivity index (χ3n) is 7.76. The molecule has 0 spiro atoms. The quantitative estimate of drug-likeness (QED) is 0.243. The summed E-state index contributed by atoms with van der Waals surface area (Å²) < 4.78 is 14.4. The van der Waals surface area contributed by atoms with Gasteiger partial charge in [-0.05, 0) is 60.4 Å². The molecule has 1 N–H and O–H groups in total. The number of likely N-dealkylation sites (tertiary alicyclic amines) is 1. The van der Waals surface area contributed by atoms with Gasteiger partial charge in [0.2, 0.25) is 0 Å². The highest BCUT2D eigenvalue weighted by molar-refractivity contribution is 8.04. The van der Waals surface area contributed by atoms with Crippen molar-refractivity contribution in [2.24, 2.45) is 0 Å². The van der Waals surface area contributed by atoms with Crippen LogP contribution >= 0.6 is 11.8 Å². The molecule has 2 aliphatic heterocycles. The molecule has 2 heterocycles. The van der Waals surface area contributed by atoms with Gasteiger partial charge in [-0.1, -0.05) is 84.6 Å². The van der Waals surface area contributed by atoms with Crippen molar-refractivity contribution in [2.75, 3.05) is 18.0 Å². The Kier molecular flexibility index (Phi) is 8.49. The van der Waals surface area contributed by atoms with E-state index in [0.717, 1.165) is 48.6 Å². The van der Waals surface area contributed by atoms with Crippen molar-refractivity contribution < 1.29 is 14.0 Å². The van der Waals surface area contributed by atoms with Gasteiger partial charge < -0.3 is 10.2 Å². The molecule has 212 valence electrons. The standard InChI is InChI=1S/C35H32FN3O2S/c36-30-11-5-4-10-28(30)24-39-31-12-6-7-13-32(31)42-33(35(39)41)22-25-14-16-27(17-15-25)34(40)37-29-18-20-38(21-19-29)23-26-8-2-1-3-9-26/h1-17,22,29H,18-21,23-24H2,(H,37,40)/b33-22+. The summed E-state index contributed by atoms with van der Waals surface area (Å²) in [5.74, 6) is -0.593. The third kappa shape index (κ3) is 6.48. The Morgan fingerprint density at radius 1 is 0.857 bits per heavy atom. The van der Waals surface area contributed by atoms with Crippen LogP contribution in [-0.4, -0.2) is 35.8 Å². The first-order chi connectivity index (χ1) is 20.5. The Morgan fingerprint density at radius 2 is 1.55 bits per heavy atom. The van der Waals surface area contributed by atoms with Gasteiger partial charge in [0, 0.05) is 41.7 Å². The number of benzene rings is 4. The summed E-state index contributed by atoms with van der Waals surface area (Å²) in [5.41, 5.74) is 3.96. The minimum Gasteiger partial charge on any atom is -0.349 e. The summed E-state index contributed by atoms with van der Waals surface area (Å²) in [6.07, 6.45) is 3.68. The van der Waals surface area contributed by atoms with E-state index in [9.17, 15) is 14.0 Å². The Labute approximate surface area is 250 Å². The summed E-state index contributed by atoms with van der Waals surface area (Å²) >= 11 is 1.41. The number of halogens is 1. The lowest BCUT2D eigenvalue weighted by Crippen LogP contribution is -2.44. The number of para-hydroxylation sites is 1. The molecule has 7 heteroatoms. The zero-order valence-corrected chi connectivity index (χ0v) is 24.0. The molecule has 42 heavy (non-hydrogen) atoms. The number of hydrogen-bond donors (Lipinski definition) is 1.